The number of hydrogen-bond donors (Lipinski definition) is 1. The molecule has 0 saturated heterocycles. The van der Waals surface area contributed by atoms with E-state index in [1.165, 1.54) is 5.56 Å². The molecule has 1 aromatic carbocycles. The Bertz CT molecular complexity index is 1220. The molecule has 1 amide bonds. The van der Waals surface area contributed by atoms with Crippen molar-refractivity contribution in [3.8, 4) is 17.3 Å². The van der Waals surface area contributed by atoms with Crippen LogP contribution in [0.4, 0.5) is 0 Å². The van der Waals surface area contributed by atoms with Crippen LogP contribution in [0.25, 0.3) is 17.3 Å². The number of hydrogen-bond acceptors (Lipinski definition) is 6. The summed E-state index contributed by atoms with van der Waals surface area (Å²) in [6.07, 6.45) is 7.16. The van der Waals surface area contributed by atoms with Crippen LogP contribution in [-0.4, -0.2) is 30.6 Å². The monoisotopic (exact) mass is 428 g/mol. The van der Waals surface area contributed by atoms with Gasteiger partial charge in [-0.25, -0.2) is 9.97 Å². The predicted molar refractivity (Wildman–Crippen MR) is 118 cm³/mol. The van der Waals surface area contributed by atoms with Crippen molar-refractivity contribution >= 4 is 5.91 Å². The highest BCUT2D eigenvalue weighted by Crippen LogP contribution is 2.38. The molecule has 5 rings (SSSR count). The fourth-order valence-electron chi connectivity index (χ4n) is 3.38. The van der Waals surface area contributed by atoms with E-state index in [0.717, 1.165) is 29.8 Å². The normalized spacial score (nSPS) is 13.5. The molecule has 4 aromatic rings. The Hall–Kier alpha value is -3.81. The average Bonchev–Trinajstić information content (AvgIpc) is 3.34. The van der Waals surface area contributed by atoms with E-state index in [9.17, 15) is 4.79 Å². The molecule has 3 heterocycles. The number of carbonyl (C=O) groups excluding carboxylic acids is 1. The van der Waals surface area contributed by atoms with Crippen LogP contribution in [0.2, 0.25) is 0 Å². The molecule has 1 aliphatic rings. The quantitative estimate of drug-likeness (QED) is 0.472. The van der Waals surface area contributed by atoms with Gasteiger partial charge in [-0.05, 0) is 42.0 Å². The number of rotatable bonds is 7. The van der Waals surface area contributed by atoms with Gasteiger partial charge in [0.25, 0.3) is 11.8 Å². The van der Waals surface area contributed by atoms with Gasteiger partial charge in [-0.3, -0.25) is 9.36 Å². The Morgan fingerprint density at radius 2 is 1.97 bits per heavy atom. The summed E-state index contributed by atoms with van der Waals surface area (Å²) in [5.74, 6) is 2.58. The molecule has 162 valence electrons. The van der Waals surface area contributed by atoms with Gasteiger partial charge in [-0.1, -0.05) is 43.3 Å². The van der Waals surface area contributed by atoms with E-state index < -0.39 is 0 Å². The maximum absolute atomic E-state index is 12.5. The Labute approximate surface area is 185 Å². The standard InChI is InChI=1S/C24H24N6O2/c1-15(2)17-5-3-16(4-6-17)11-26-23(31)20-13-30(14-27-20)21-10-9-19(12-25-21)24-28-22(29-32-24)18-7-8-18/h3-6,9-10,12-15,18H,7-8,11H2,1-2H3,(H,26,31). The van der Waals surface area contributed by atoms with Crippen LogP contribution < -0.4 is 5.32 Å². The largest absolute Gasteiger partial charge is 0.347 e. The number of aromatic nitrogens is 5. The molecule has 0 spiro atoms. The smallest absolute Gasteiger partial charge is 0.271 e. The number of nitrogens with one attached hydrogen (secondary N) is 1. The molecule has 0 bridgehead atoms. The molecule has 0 radical (unpaired) electrons. The Balaban J connectivity index is 1.22. The van der Waals surface area contributed by atoms with Crippen molar-refractivity contribution in [2.75, 3.05) is 0 Å². The lowest BCUT2D eigenvalue weighted by molar-refractivity contribution is 0.0946. The van der Waals surface area contributed by atoms with Gasteiger partial charge in [-0.2, -0.15) is 4.98 Å². The lowest BCUT2D eigenvalue weighted by Crippen LogP contribution is -2.23. The van der Waals surface area contributed by atoms with Crippen molar-refractivity contribution in [1.29, 1.82) is 0 Å². The lowest BCUT2D eigenvalue weighted by atomic mass is 10.0. The molecule has 8 nitrogen and oxygen atoms in total. The highest BCUT2D eigenvalue weighted by molar-refractivity contribution is 5.92. The van der Waals surface area contributed by atoms with Gasteiger partial charge >= 0.3 is 0 Å². The zero-order chi connectivity index (χ0) is 22.1. The maximum atomic E-state index is 12.5. The third-order valence-electron chi connectivity index (χ3n) is 5.56. The SMILES string of the molecule is CC(C)c1ccc(CNC(=O)c2cn(-c3ccc(-c4nc(C5CC5)no4)cn3)cn2)cc1. The number of pyridine rings is 1. The van der Waals surface area contributed by atoms with E-state index in [4.69, 9.17) is 4.52 Å². The third-order valence-corrected chi connectivity index (χ3v) is 5.56. The molecule has 1 N–H and O–H groups in total. The van der Waals surface area contributed by atoms with Crippen molar-refractivity contribution in [2.24, 2.45) is 0 Å². The van der Waals surface area contributed by atoms with E-state index in [2.05, 4.69) is 51.4 Å². The van der Waals surface area contributed by atoms with Gasteiger partial charge < -0.3 is 9.84 Å². The van der Waals surface area contributed by atoms with Crippen LogP contribution in [0.5, 0.6) is 0 Å². The molecular formula is C24H24N6O2. The van der Waals surface area contributed by atoms with Crippen molar-refractivity contribution < 1.29 is 9.32 Å². The topological polar surface area (TPSA) is 98.7 Å². The summed E-state index contributed by atoms with van der Waals surface area (Å²) < 4.78 is 7.05. The molecule has 32 heavy (non-hydrogen) atoms. The van der Waals surface area contributed by atoms with E-state index in [1.54, 1.807) is 23.3 Å². The minimum atomic E-state index is -0.230. The van der Waals surface area contributed by atoms with Crippen LogP contribution in [0, 0.1) is 0 Å². The van der Waals surface area contributed by atoms with E-state index in [-0.39, 0.29) is 5.91 Å². The van der Waals surface area contributed by atoms with Gasteiger partial charge in [0.2, 0.25) is 0 Å². The molecule has 1 fully saturated rings. The number of carbonyl (C=O) groups is 1. The summed E-state index contributed by atoms with van der Waals surface area (Å²) in [5, 5.41) is 6.95. The summed E-state index contributed by atoms with van der Waals surface area (Å²) in [7, 11) is 0. The molecule has 0 aliphatic heterocycles. The second-order valence-corrected chi connectivity index (χ2v) is 8.38. The zero-order valence-corrected chi connectivity index (χ0v) is 18.0. The van der Waals surface area contributed by atoms with Crippen molar-refractivity contribution in [3.63, 3.8) is 0 Å². The van der Waals surface area contributed by atoms with Gasteiger partial charge in [0.05, 0.1) is 5.56 Å². The van der Waals surface area contributed by atoms with E-state index in [0.29, 0.717) is 35.8 Å². The summed E-state index contributed by atoms with van der Waals surface area (Å²) in [4.78, 5) is 25.6. The molecule has 0 atom stereocenters. The first-order valence-corrected chi connectivity index (χ1v) is 10.8. The third kappa shape index (κ3) is 4.30. The molecule has 8 heteroatoms. The number of amides is 1. The number of imidazole rings is 1. The highest BCUT2D eigenvalue weighted by atomic mass is 16.5. The average molecular weight is 428 g/mol. The first-order valence-electron chi connectivity index (χ1n) is 10.8. The van der Waals surface area contributed by atoms with Crippen LogP contribution in [0.1, 0.15) is 66.0 Å². The van der Waals surface area contributed by atoms with Crippen LogP contribution in [-0.2, 0) is 6.54 Å². The Kier molecular flexibility index (Phi) is 5.26. The fourth-order valence-corrected chi connectivity index (χ4v) is 3.38. The van der Waals surface area contributed by atoms with Crippen molar-refractivity contribution in [1.82, 2.24) is 30.0 Å². The summed E-state index contributed by atoms with van der Waals surface area (Å²) >= 11 is 0. The van der Waals surface area contributed by atoms with E-state index in [1.807, 2.05) is 24.3 Å². The number of nitrogens with zero attached hydrogens (tertiary/aromatic N) is 5. The maximum Gasteiger partial charge on any atom is 0.271 e. The summed E-state index contributed by atoms with van der Waals surface area (Å²) in [6.45, 7) is 4.76. The highest BCUT2D eigenvalue weighted by Gasteiger charge is 2.29. The Morgan fingerprint density at radius 1 is 1.16 bits per heavy atom. The van der Waals surface area contributed by atoms with E-state index >= 15 is 0 Å². The minimum absolute atomic E-state index is 0.230. The molecule has 1 saturated carbocycles. The summed E-state index contributed by atoms with van der Waals surface area (Å²) in [6, 6.07) is 12.0. The summed E-state index contributed by atoms with van der Waals surface area (Å²) in [5.41, 5.74) is 3.42. The second-order valence-electron chi connectivity index (χ2n) is 8.38. The molecule has 3 aromatic heterocycles. The first-order chi connectivity index (χ1) is 15.6. The van der Waals surface area contributed by atoms with Crippen LogP contribution in [0.15, 0.2) is 59.6 Å². The molecule has 0 unspecified atom stereocenters. The van der Waals surface area contributed by atoms with Crippen molar-refractivity contribution in [3.05, 3.63) is 77.8 Å². The molecular weight excluding hydrogens is 404 g/mol. The van der Waals surface area contributed by atoms with Gasteiger partial charge in [-0.15, -0.1) is 0 Å². The van der Waals surface area contributed by atoms with Gasteiger partial charge in [0, 0.05) is 24.9 Å². The van der Waals surface area contributed by atoms with Crippen LogP contribution >= 0.6 is 0 Å². The van der Waals surface area contributed by atoms with Gasteiger partial charge in [0.1, 0.15) is 17.8 Å². The minimum Gasteiger partial charge on any atom is -0.347 e. The second kappa shape index (κ2) is 8.37. The zero-order valence-electron chi connectivity index (χ0n) is 18.0. The predicted octanol–water partition coefficient (Wildman–Crippen LogP) is 4.25. The number of benzene rings is 1. The Morgan fingerprint density at radius 3 is 2.66 bits per heavy atom. The van der Waals surface area contributed by atoms with Gasteiger partial charge in [0.15, 0.2) is 5.82 Å². The van der Waals surface area contributed by atoms with Crippen LogP contribution in [0.3, 0.4) is 0 Å². The lowest BCUT2D eigenvalue weighted by Gasteiger charge is -2.07. The fraction of sp³-hybridized carbons (Fsp3) is 0.292. The van der Waals surface area contributed by atoms with Crippen molar-refractivity contribution in [2.45, 2.75) is 45.1 Å². The first kappa shape index (κ1) is 20.1. The molecule has 1 aliphatic carbocycles.